The normalized spacial score (nSPS) is 19.3. The molecule has 6 heteroatoms. The van der Waals surface area contributed by atoms with Crippen LogP contribution in [0.4, 0.5) is 5.82 Å². The van der Waals surface area contributed by atoms with Crippen LogP contribution < -0.4 is 5.32 Å². The number of fused-ring (bicyclic) bond motifs is 1. The summed E-state index contributed by atoms with van der Waals surface area (Å²) in [5.41, 5.74) is 4.86. The molecule has 1 aromatic heterocycles. The van der Waals surface area contributed by atoms with E-state index in [2.05, 4.69) is 5.32 Å². The Hall–Kier alpha value is -2.73. The zero-order valence-electron chi connectivity index (χ0n) is 15.4. The van der Waals surface area contributed by atoms with E-state index in [0.29, 0.717) is 5.82 Å². The highest BCUT2D eigenvalue weighted by molar-refractivity contribution is 8.01. The zero-order valence-corrected chi connectivity index (χ0v) is 16.2. The summed E-state index contributed by atoms with van der Waals surface area (Å²) in [5.74, 6) is 0.873. The summed E-state index contributed by atoms with van der Waals surface area (Å²) in [6.07, 6.45) is 0. The van der Waals surface area contributed by atoms with Crippen molar-refractivity contribution >= 4 is 23.5 Å². The third kappa shape index (κ3) is 3.21. The number of aromatic nitrogens is 2. The topological polar surface area (TPSA) is 67.2 Å². The minimum Gasteiger partial charge on any atom is -0.508 e. The van der Waals surface area contributed by atoms with Gasteiger partial charge in [-0.1, -0.05) is 29.8 Å². The minimum atomic E-state index is -0.226. The predicted molar refractivity (Wildman–Crippen MR) is 109 cm³/mol. The van der Waals surface area contributed by atoms with Crippen LogP contribution in [0.2, 0.25) is 0 Å². The van der Waals surface area contributed by atoms with Crippen LogP contribution in [0, 0.1) is 13.8 Å². The Kier molecular flexibility index (Phi) is 4.44. The number of hydrogen-bond acceptors (Lipinski definition) is 4. The quantitative estimate of drug-likeness (QED) is 0.694. The van der Waals surface area contributed by atoms with Crippen LogP contribution in [0.1, 0.15) is 34.6 Å². The van der Waals surface area contributed by atoms with Crippen LogP contribution in [0.5, 0.6) is 5.75 Å². The molecule has 0 unspecified atom stereocenters. The molecule has 3 aromatic rings. The number of hydrogen-bond donors (Lipinski definition) is 2. The molecule has 0 radical (unpaired) electrons. The van der Waals surface area contributed by atoms with Gasteiger partial charge in [0.1, 0.15) is 11.6 Å². The maximum Gasteiger partial charge on any atom is 0.238 e. The lowest BCUT2D eigenvalue weighted by molar-refractivity contribution is -0.115. The van der Waals surface area contributed by atoms with E-state index in [1.54, 1.807) is 28.6 Å². The van der Waals surface area contributed by atoms with Gasteiger partial charge in [0.2, 0.25) is 5.91 Å². The molecule has 2 aromatic carbocycles. The Morgan fingerprint density at radius 2 is 1.89 bits per heavy atom. The number of thioether (sulfide) groups is 1. The summed E-state index contributed by atoms with van der Waals surface area (Å²) in [6.45, 7) is 5.90. The fourth-order valence-corrected chi connectivity index (χ4v) is 4.64. The number of nitrogens with zero attached hydrogens (tertiary/aromatic N) is 2. The zero-order chi connectivity index (χ0) is 19.1. The average molecular weight is 379 g/mol. The number of phenolic OH excluding ortho intramolecular Hbond substituents is 1. The average Bonchev–Trinajstić information content (AvgIpc) is 2.88. The highest BCUT2D eigenvalue weighted by Crippen LogP contribution is 2.46. The number of phenols is 1. The molecule has 1 amide bonds. The highest BCUT2D eigenvalue weighted by Gasteiger charge is 2.34. The SMILES string of the molecule is Cc1ccc(-n2nc(C)c3c2NC(=O)[C@@H](C)S[C@@H]3c2cccc(O)c2)cc1. The fraction of sp³-hybridized carbons (Fsp3) is 0.238. The van der Waals surface area contributed by atoms with Gasteiger partial charge in [0.25, 0.3) is 0 Å². The molecule has 0 spiro atoms. The summed E-state index contributed by atoms with van der Waals surface area (Å²) >= 11 is 1.57. The number of rotatable bonds is 2. The number of carbonyl (C=O) groups is 1. The van der Waals surface area contributed by atoms with E-state index in [-0.39, 0.29) is 22.2 Å². The Morgan fingerprint density at radius 1 is 1.15 bits per heavy atom. The number of amides is 1. The lowest BCUT2D eigenvalue weighted by Gasteiger charge is -2.17. The molecule has 27 heavy (non-hydrogen) atoms. The van der Waals surface area contributed by atoms with Gasteiger partial charge in [-0.25, -0.2) is 4.68 Å². The molecule has 5 nitrogen and oxygen atoms in total. The Labute approximate surface area is 162 Å². The minimum absolute atomic E-state index is 0.0443. The van der Waals surface area contributed by atoms with Crippen molar-refractivity contribution in [3.8, 4) is 11.4 Å². The molecule has 0 bridgehead atoms. The van der Waals surface area contributed by atoms with Gasteiger partial charge in [0.15, 0.2) is 0 Å². The molecule has 0 aliphatic carbocycles. The molecule has 4 rings (SSSR count). The molecule has 0 saturated heterocycles. The smallest absolute Gasteiger partial charge is 0.238 e. The first-order chi connectivity index (χ1) is 12.9. The maximum atomic E-state index is 12.6. The Bertz CT molecular complexity index is 1010. The highest BCUT2D eigenvalue weighted by atomic mass is 32.2. The number of benzene rings is 2. The summed E-state index contributed by atoms with van der Waals surface area (Å²) in [4.78, 5) is 12.6. The van der Waals surface area contributed by atoms with Gasteiger partial charge in [-0.2, -0.15) is 5.10 Å². The summed E-state index contributed by atoms with van der Waals surface area (Å²) in [6, 6.07) is 15.3. The fourth-order valence-electron chi connectivity index (χ4n) is 3.33. The molecule has 2 heterocycles. The molecular weight excluding hydrogens is 358 g/mol. The third-order valence-electron chi connectivity index (χ3n) is 4.77. The van der Waals surface area contributed by atoms with Crippen molar-refractivity contribution in [2.24, 2.45) is 0 Å². The van der Waals surface area contributed by atoms with E-state index in [4.69, 9.17) is 5.10 Å². The van der Waals surface area contributed by atoms with E-state index in [1.165, 1.54) is 5.56 Å². The van der Waals surface area contributed by atoms with Gasteiger partial charge >= 0.3 is 0 Å². The largest absolute Gasteiger partial charge is 0.508 e. The second kappa shape index (κ2) is 6.78. The van der Waals surface area contributed by atoms with E-state index in [1.807, 2.05) is 57.2 Å². The summed E-state index contributed by atoms with van der Waals surface area (Å²) < 4.78 is 1.80. The molecule has 2 atom stereocenters. The van der Waals surface area contributed by atoms with E-state index < -0.39 is 0 Å². The van der Waals surface area contributed by atoms with Crippen LogP contribution in [-0.4, -0.2) is 26.0 Å². The number of anilines is 1. The monoisotopic (exact) mass is 379 g/mol. The van der Waals surface area contributed by atoms with Gasteiger partial charge in [0, 0.05) is 5.56 Å². The second-order valence-electron chi connectivity index (χ2n) is 6.84. The van der Waals surface area contributed by atoms with Crippen molar-refractivity contribution in [2.45, 2.75) is 31.3 Å². The predicted octanol–water partition coefficient (Wildman–Crippen LogP) is 4.36. The molecule has 0 saturated carbocycles. The van der Waals surface area contributed by atoms with E-state index in [0.717, 1.165) is 22.5 Å². The standard InChI is InChI=1S/C21H21N3O2S/c1-12-7-9-16(10-8-12)24-20-18(13(2)23-24)19(27-14(3)21(26)22-20)15-5-4-6-17(25)11-15/h4-11,14,19,25H,1-3H3,(H,22,26)/t14-,19-/m1/s1. The van der Waals surface area contributed by atoms with Crippen molar-refractivity contribution < 1.29 is 9.90 Å². The lowest BCUT2D eigenvalue weighted by atomic mass is 10.0. The van der Waals surface area contributed by atoms with Crippen LogP contribution in [-0.2, 0) is 4.79 Å². The number of nitrogens with one attached hydrogen (secondary N) is 1. The maximum absolute atomic E-state index is 12.6. The van der Waals surface area contributed by atoms with Gasteiger partial charge in [-0.15, -0.1) is 11.8 Å². The van der Waals surface area contributed by atoms with Crippen LogP contribution in [0.15, 0.2) is 48.5 Å². The third-order valence-corrected chi connectivity index (χ3v) is 6.17. The van der Waals surface area contributed by atoms with Gasteiger partial charge in [-0.3, -0.25) is 4.79 Å². The lowest BCUT2D eigenvalue weighted by Crippen LogP contribution is -2.22. The van der Waals surface area contributed by atoms with Crippen LogP contribution >= 0.6 is 11.8 Å². The van der Waals surface area contributed by atoms with Crippen LogP contribution in [0.3, 0.4) is 0 Å². The van der Waals surface area contributed by atoms with Gasteiger partial charge < -0.3 is 10.4 Å². The molecule has 0 fully saturated rings. The molecular formula is C21H21N3O2S. The first kappa shape index (κ1) is 17.7. The summed E-state index contributed by atoms with van der Waals surface area (Å²) in [7, 11) is 0. The molecule has 2 N–H and O–H groups in total. The second-order valence-corrected chi connectivity index (χ2v) is 8.29. The number of aromatic hydroxyl groups is 1. The van der Waals surface area contributed by atoms with Crippen molar-refractivity contribution in [1.29, 1.82) is 0 Å². The number of carbonyl (C=O) groups excluding carboxylic acids is 1. The Morgan fingerprint density at radius 3 is 2.59 bits per heavy atom. The molecule has 1 aliphatic rings. The number of aryl methyl sites for hydroxylation is 2. The summed E-state index contributed by atoms with van der Waals surface area (Å²) in [5, 5.41) is 17.4. The molecule has 1 aliphatic heterocycles. The van der Waals surface area contributed by atoms with Crippen molar-refractivity contribution in [3.05, 3.63) is 70.9 Å². The first-order valence-electron chi connectivity index (χ1n) is 8.86. The van der Waals surface area contributed by atoms with Gasteiger partial charge in [-0.05, 0) is 50.6 Å². The first-order valence-corrected chi connectivity index (χ1v) is 9.80. The van der Waals surface area contributed by atoms with Crippen molar-refractivity contribution in [2.75, 3.05) is 5.32 Å². The van der Waals surface area contributed by atoms with Crippen molar-refractivity contribution in [1.82, 2.24) is 9.78 Å². The molecule has 138 valence electrons. The van der Waals surface area contributed by atoms with Gasteiger partial charge in [0.05, 0.1) is 21.9 Å². The Balaban J connectivity index is 1.91. The van der Waals surface area contributed by atoms with Crippen molar-refractivity contribution in [3.63, 3.8) is 0 Å². The van der Waals surface area contributed by atoms with E-state index in [9.17, 15) is 9.90 Å². The van der Waals surface area contributed by atoms with E-state index >= 15 is 0 Å². The van der Waals surface area contributed by atoms with Crippen LogP contribution in [0.25, 0.3) is 5.69 Å².